The molecule has 6 heteroatoms. The summed E-state index contributed by atoms with van der Waals surface area (Å²) in [6.45, 7) is 5.57. The van der Waals surface area contributed by atoms with Crippen molar-refractivity contribution in [3.8, 4) is 11.3 Å². The van der Waals surface area contributed by atoms with Gasteiger partial charge >= 0.3 is 0 Å². The number of carbonyl (C=O) groups is 1. The fraction of sp³-hybridized carbons (Fsp3) is 0.474. The van der Waals surface area contributed by atoms with Crippen molar-refractivity contribution in [1.29, 1.82) is 0 Å². The molecule has 1 fully saturated rings. The Bertz CT molecular complexity index is 781. The van der Waals surface area contributed by atoms with Crippen LogP contribution in [-0.2, 0) is 17.0 Å². The molecular weight excluding hydrogens is 334 g/mol. The summed E-state index contributed by atoms with van der Waals surface area (Å²) >= 11 is 1.80. The van der Waals surface area contributed by atoms with Gasteiger partial charge in [-0.2, -0.15) is 5.10 Å². The smallest absolute Gasteiger partial charge is 0.274 e. The van der Waals surface area contributed by atoms with Gasteiger partial charge in [0, 0.05) is 41.4 Å². The Kier molecular flexibility index (Phi) is 4.81. The number of unbranched alkanes of at least 4 members (excludes halogenated alkanes) is 1. The van der Waals surface area contributed by atoms with Crippen LogP contribution in [0.3, 0.4) is 0 Å². The highest BCUT2D eigenvalue weighted by molar-refractivity contribution is 7.98. The molecule has 1 aromatic carbocycles. The Morgan fingerprint density at radius 1 is 1.28 bits per heavy atom. The molecule has 2 aromatic rings. The van der Waals surface area contributed by atoms with Gasteiger partial charge in [0.05, 0.1) is 18.9 Å². The lowest BCUT2D eigenvalue weighted by Gasteiger charge is -2.26. The number of hydrogen-bond donors (Lipinski definition) is 0. The zero-order valence-corrected chi connectivity index (χ0v) is 15.3. The van der Waals surface area contributed by atoms with E-state index in [1.165, 1.54) is 10.5 Å². The number of rotatable bonds is 4. The fourth-order valence-electron chi connectivity index (χ4n) is 3.43. The predicted octanol–water partition coefficient (Wildman–Crippen LogP) is 3.43. The van der Waals surface area contributed by atoms with Crippen molar-refractivity contribution in [2.45, 2.75) is 37.0 Å². The summed E-state index contributed by atoms with van der Waals surface area (Å²) in [5, 5.41) is 4.77. The van der Waals surface area contributed by atoms with Crippen molar-refractivity contribution in [2.75, 3.05) is 26.3 Å². The Balaban J connectivity index is 1.77. The Hall–Kier alpha value is -1.79. The van der Waals surface area contributed by atoms with E-state index in [1.807, 2.05) is 4.90 Å². The van der Waals surface area contributed by atoms with Gasteiger partial charge in [-0.05, 0) is 12.5 Å². The third-order valence-corrected chi connectivity index (χ3v) is 5.89. The number of carbonyl (C=O) groups excluding carboxylic acids is 1. The van der Waals surface area contributed by atoms with Gasteiger partial charge in [0.2, 0.25) is 0 Å². The van der Waals surface area contributed by atoms with E-state index < -0.39 is 0 Å². The van der Waals surface area contributed by atoms with Crippen LogP contribution < -0.4 is 0 Å². The van der Waals surface area contributed by atoms with Crippen LogP contribution in [0, 0.1) is 0 Å². The third-order valence-electron chi connectivity index (χ3n) is 4.79. The highest BCUT2D eigenvalue weighted by Crippen LogP contribution is 2.43. The molecule has 25 heavy (non-hydrogen) atoms. The molecule has 2 aliphatic rings. The van der Waals surface area contributed by atoms with Gasteiger partial charge in [0.25, 0.3) is 5.91 Å². The molecule has 0 saturated carbocycles. The number of hydrogen-bond acceptors (Lipinski definition) is 4. The van der Waals surface area contributed by atoms with Crippen molar-refractivity contribution in [3.63, 3.8) is 0 Å². The summed E-state index contributed by atoms with van der Waals surface area (Å²) in [5.74, 6) is 0.860. The number of ether oxygens (including phenoxy) is 1. The van der Waals surface area contributed by atoms with Crippen LogP contribution in [0.2, 0.25) is 0 Å². The number of morpholine rings is 1. The van der Waals surface area contributed by atoms with Gasteiger partial charge in [-0.1, -0.05) is 31.5 Å². The molecule has 0 aliphatic carbocycles. The summed E-state index contributed by atoms with van der Waals surface area (Å²) in [6, 6.07) is 8.44. The second-order valence-corrected chi connectivity index (χ2v) is 7.46. The summed E-state index contributed by atoms with van der Waals surface area (Å²) in [4.78, 5) is 16.2. The van der Waals surface area contributed by atoms with Gasteiger partial charge in [-0.25, -0.2) is 0 Å². The van der Waals surface area contributed by atoms with Crippen LogP contribution in [0.4, 0.5) is 0 Å². The van der Waals surface area contributed by atoms with Crippen LogP contribution in [0.5, 0.6) is 0 Å². The molecule has 0 radical (unpaired) electrons. The number of nitrogens with zero attached hydrogens (tertiary/aromatic N) is 3. The molecule has 0 unspecified atom stereocenters. The molecule has 132 valence electrons. The van der Waals surface area contributed by atoms with Crippen molar-refractivity contribution < 1.29 is 9.53 Å². The monoisotopic (exact) mass is 357 g/mol. The quantitative estimate of drug-likeness (QED) is 0.841. The molecule has 0 N–H and O–H groups in total. The SMILES string of the molecule is CCCCn1nc(C(=O)N2CCOCC2)c2c1-c1ccccc1SC2. The standard InChI is InChI=1S/C19H23N3O2S/c1-2-3-8-22-18-14-6-4-5-7-16(14)25-13-15(18)17(20-22)19(23)21-9-11-24-12-10-21/h4-7H,2-3,8-13H2,1H3. The molecule has 3 heterocycles. The highest BCUT2D eigenvalue weighted by atomic mass is 32.2. The normalized spacial score (nSPS) is 16.4. The van der Waals surface area contributed by atoms with Crippen molar-refractivity contribution in [2.24, 2.45) is 0 Å². The first-order valence-corrected chi connectivity index (χ1v) is 9.97. The van der Waals surface area contributed by atoms with Crippen LogP contribution in [-0.4, -0.2) is 46.9 Å². The Morgan fingerprint density at radius 2 is 2.08 bits per heavy atom. The second-order valence-electron chi connectivity index (χ2n) is 6.44. The number of fused-ring (bicyclic) bond motifs is 3. The molecule has 0 atom stereocenters. The molecular formula is C19H23N3O2S. The maximum Gasteiger partial charge on any atom is 0.274 e. The summed E-state index contributed by atoms with van der Waals surface area (Å²) < 4.78 is 7.44. The minimum atomic E-state index is 0.0507. The van der Waals surface area contributed by atoms with Crippen molar-refractivity contribution in [1.82, 2.24) is 14.7 Å². The van der Waals surface area contributed by atoms with E-state index in [0.717, 1.165) is 36.4 Å². The number of thioether (sulfide) groups is 1. The zero-order valence-electron chi connectivity index (χ0n) is 14.5. The average molecular weight is 357 g/mol. The fourth-order valence-corrected chi connectivity index (χ4v) is 4.50. The maximum absolute atomic E-state index is 13.1. The Labute approximate surface area is 152 Å². The van der Waals surface area contributed by atoms with Crippen LogP contribution >= 0.6 is 11.8 Å². The van der Waals surface area contributed by atoms with Gasteiger partial charge in [0.1, 0.15) is 0 Å². The van der Waals surface area contributed by atoms with E-state index in [1.54, 1.807) is 11.8 Å². The lowest BCUT2D eigenvalue weighted by Crippen LogP contribution is -2.41. The topological polar surface area (TPSA) is 47.4 Å². The van der Waals surface area contributed by atoms with E-state index in [-0.39, 0.29) is 5.91 Å². The lowest BCUT2D eigenvalue weighted by molar-refractivity contribution is 0.0298. The van der Waals surface area contributed by atoms with Gasteiger partial charge < -0.3 is 9.64 Å². The minimum absolute atomic E-state index is 0.0507. The Morgan fingerprint density at radius 3 is 2.88 bits per heavy atom. The van der Waals surface area contributed by atoms with E-state index in [2.05, 4.69) is 35.9 Å². The van der Waals surface area contributed by atoms with Gasteiger partial charge in [-0.15, -0.1) is 11.8 Å². The second kappa shape index (κ2) is 7.22. The maximum atomic E-state index is 13.1. The molecule has 0 bridgehead atoms. The first kappa shape index (κ1) is 16.7. The van der Waals surface area contributed by atoms with Crippen molar-refractivity contribution >= 4 is 17.7 Å². The molecule has 2 aliphatic heterocycles. The predicted molar refractivity (Wildman–Crippen MR) is 98.9 cm³/mol. The number of amides is 1. The minimum Gasteiger partial charge on any atom is -0.378 e. The summed E-state index contributed by atoms with van der Waals surface area (Å²) in [6.07, 6.45) is 2.17. The molecule has 4 rings (SSSR count). The molecule has 5 nitrogen and oxygen atoms in total. The molecule has 1 aromatic heterocycles. The van der Waals surface area contributed by atoms with Crippen LogP contribution in [0.25, 0.3) is 11.3 Å². The third kappa shape index (κ3) is 3.09. The van der Waals surface area contributed by atoms with Crippen molar-refractivity contribution in [3.05, 3.63) is 35.5 Å². The van der Waals surface area contributed by atoms with E-state index in [4.69, 9.17) is 9.84 Å². The first-order valence-electron chi connectivity index (χ1n) is 8.98. The van der Waals surface area contributed by atoms with Crippen LogP contribution in [0.1, 0.15) is 35.8 Å². The van der Waals surface area contributed by atoms with Crippen LogP contribution in [0.15, 0.2) is 29.2 Å². The van der Waals surface area contributed by atoms with E-state index >= 15 is 0 Å². The van der Waals surface area contributed by atoms with E-state index in [0.29, 0.717) is 32.0 Å². The number of aromatic nitrogens is 2. The summed E-state index contributed by atoms with van der Waals surface area (Å²) in [7, 11) is 0. The lowest BCUT2D eigenvalue weighted by atomic mass is 10.0. The largest absolute Gasteiger partial charge is 0.378 e. The average Bonchev–Trinajstić information content (AvgIpc) is 3.05. The van der Waals surface area contributed by atoms with Gasteiger partial charge in [-0.3, -0.25) is 9.48 Å². The molecule has 1 saturated heterocycles. The first-order chi connectivity index (χ1) is 12.3. The number of aryl methyl sites for hydroxylation is 1. The molecule has 1 amide bonds. The zero-order chi connectivity index (χ0) is 17.2. The number of benzene rings is 1. The van der Waals surface area contributed by atoms with Gasteiger partial charge in [0.15, 0.2) is 5.69 Å². The van der Waals surface area contributed by atoms with E-state index in [9.17, 15) is 4.79 Å². The highest BCUT2D eigenvalue weighted by Gasteiger charge is 2.31. The summed E-state index contributed by atoms with van der Waals surface area (Å²) in [5.41, 5.74) is 4.07. The molecule has 0 spiro atoms.